The van der Waals surface area contributed by atoms with E-state index in [0.717, 1.165) is 62.5 Å². The van der Waals surface area contributed by atoms with Crippen molar-refractivity contribution in [2.45, 2.75) is 72.0 Å². The van der Waals surface area contributed by atoms with E-state index < -0.39 is 0 Å². The summed E-state index contributed by atoms with van der Waals surface area (Å²) in [4.78, 5) is 12.4. The minimum atomic E-state index is 0.348. The highest BCUT2D eigenvalue weighted by molar-refractivity contribution is 5.59. The molecule has 0 saturated carbocycles. The average molecular weight is 422 g/mol. The highest BCUT2D eigenvalue weighted by Gasteiger charge is 2.28. The van der Waals surface area contributed by atoms with Crippen molar-refractivity contribution in [3.8, 4) is 0 Å². The first-order valence-electron chi connectivity index (χ1n) is 11.8. The standard InChI is InChI=1S/C26H39N5/c1-5-10-23-22(6-2)29-25(31(23)17-9-15-27)19-30(18-14-20(3)4)24-13-7-11-21-12-8-16-28-26(21)24/h5-6,8,10,12,16,20,24H,2,7,9,11,13-15,17-19,27H2,1,3-4H3/b10-5-. The molecule has 2 aromatic heterocycles. The fourth-order valence-electron chi connectivity index (χ4n) is 4.53. The molecular weight excluding hydrogens is 382 g/mol. The molecule has 2 aromatic rings. The summed E-state index contributed by atoms with van der Waals surface area (Å²) in [5, 5.41) is 0. The van der Waals surface area contributed by atoms with Crippen molar-refractivity contribution >= 4 is 12.2 Å². The summed E-state index contributed by atoms with van der Waals surface area (Å²) in [6, 6.07) is 4.66. The number of aryl methyl sites for hydroxylation is 1. The minimum Gasteiger partial charge on any atom is -0.330 e. The van der Waals surface area contributed by atoms with Crippen LogP contribution in [0.4, 0.5) is 0 Å². The van der Waals surface area contributed by atoms with Gasteiger partial charge >= 0.3 is 0 Å². The zero-order chi connectivity index (χ0) is 22.2. The van der Waals surface area contributed by atoms with Gasteiger partial charge in [0, 0.05) is 12.7 Å². The molecule has 3 rings (SSSR count). The lowest BCUT2D eigenvalue weighted by atomic mass is 9.90. The molecule has 1 atom stereocenters. The van der Waals surface area contributed by atoms with E-state index in [4.69, 9.17) is 15.7 Å². The Morgan fingerprint density at radius 2 is 2.23 bits per heavy atom. The number of imidazole rings is 1. The Balaban J connectivity index is 1.97. The van der Waals surface area contributed by atoms with E-state index in [-0.39, 0.29) is 0 Å². The maximum atomic E-state index is 5.85. The SMILES string of the molecule is C=Cc1nc(CN(CCC(C)C)C2CCCc3cccnc32)n(CCCN)c1/C=C\C. The van der Waals surface area contributed by atoms with Crippen LogP contribution < -0.4 is 5.73 Å². The van der Waals surface area contributed by atoms with Crippen LogP contribution in [-0.4, -0.2) is 32.5 Å². The van der Waals surface area contributed by atoms with Crippen LogP contribution in [0.25, 0.3) is 12.2 Å². The lowest BCUT2D eigenvalue weighted by Gasteiger charge is -2.35. The molecule has 0 amide bonds. The maximum absolute atomic E-state index is 5.85. The summed E-state index contributed by atoms with van der Waals surface area (Å²) in [5.74, 6) is 1.76. The Labute approximate surface area is 188 Å². The summed E-state index contributed by atoms with van der Waals surface area (Å²) < 4.78 is 2.34. The van der Waals surface area contributed by atoms with Gasteiger partial charge in [0.1, 0.15) is 5.82 Å². The van der Waals surface area contributed by atoms with Gasteiger partial charge < -0.3 is 10.3 Å². The summed E-state index contributed by atoms with van der Waals surface area (Å²) in [5.41, 5.74) is 10.6. The molecule has 2 N–H and O–H groups in total. The van der Waals surface area contributed by atoms with Gasteiger partial charge in [0.05, 0.1) is 29.7 Å². The number of allylic oxidation sites excluding steroid dienone is 1. The normalized spacial score (nSPS) is 16.4. The summed E-state index contributed by atoms with van der Waals surface area (Å²) >= 11 is 0. The number of aromatic nitrogens is 3. The van der Waals surface area contributed by atoms with E-state index >= 15 is 0 Å². The Kier molecular flexibility index (Phi) is 8.61. The Hall–Kier alpha value is -2.24. The molecule has 5 nitrogen and oxygen atoms in total. The predicted molar refractivity (Wildman–Crippen MR) is 130 cm³/mol. The number of hydrogen-bond acceptors (Lipinski definition) is 4. The highest BCUT2D eigenvalue weighted by Crippen LogP contribution is 2.34. The third-order valence-corrected chi connectivity index (χ3v) is 6.16. The zero-order valence-corrected chi connectivity index (χ0v) is 19.6. The third-order valence-electron chi connectivity index (χ3n) is 6.16. The second-order valence-electron chi connectivity index (χ2n) is 8.91. The van der Waals surface area contributed by atoms with Crippen molar-refractivity contribution in [3.05, 3.63) is 59.5 Å². The maximum Gasteiger partial charge on any atom is 0.124 e. The van der Waals surface area contributed by atoms with Gasteiger partial charge in [-0.3, -0.25) is 9.88 Å². The van der Waals surface area contributed by atoms with Gasteiger partial charge in [-0.25, -0.2) is 4.98 Å². The number of fused-ring (bicyclic) bond motifs is 1. The van der Waals surface area contributed by atoms with Gasteiger partial charge in [-0.2, -0.15) is 0 Å². The Morgan fingerprint density at radius 3 is 2.94 bits per heavy atom. The van der Waals surface area contributed by atoms with Gasteiger partial charge in [0.25, 0.3) is 0 Å². The van der Waals surface area contributed by atoms with Crippen LogP contribution in [0.15, 0.2) is 31.0 Å². The smallest absolute Gasteiger partial charge is 0.124 e. The molecule has 1 unspecified atom stereocenters. The van der Waals surface area contributed by atoms with Gasteiger partial charge in [-0.05, 0) is 81.8 Å². The monoisotopic (exact) mass is 421 g/mol. The Bertz CT molecular complexity index is 880. The number of nitrogens with zero attached hydrogens (tertiary/aromatic N) is 4. The second-order valence-corrected chi connectivity index (χ2v) is 8.91. The molecule has 0 spiro atoms. The first-order chi connectivity index (χ1) is 15.1. The lowest BCUT2D eigenvalue weighted by molar-refractivity contribution is 0.151. The van der Waals surface area contributed by atoms with E-state index in [1.165, 1.54) is 17.7 Å². The summed E-state index contributed by atoms with van der Waals surface area (Å²) in [6.07, 6.45) is 13.6. The van der Waals surface area contributed by atoms with E-state index in [9.17, 15) is 0 Å². The molecule has 0 aromatic carbocycles. The first-order valence-corrected chi connectivity index (χ1v) is 11.8. The quantitative estimate of drug-likeness (QED) is 0.540. The van der Waals surface area contributed by atoms with E-state index in [1.807, 2.05) is 19.2 Å². The molecule has 0 aliphatic heterocycles. The highest BCUT2D eigenvalue weighted by atomic mass is 15.2. The molecule has 0 fully saturated rings. The zero-order valence-electron chi connectivity index (χ0n) is 19.6. The van der Waals surface area contributed by atoms with Gasteiger partial charge in [-0.1, -0.05) is 32.6 Å². The van der Waals surface area contributed by atoms with Crippen LogP contribution in [-0.2, 0) is 19.5 Å². The molecular formula is C26H39N5. The number of pyridine rings is 1. The fourth-order valence-corrected chi connectivity index (χ4v) is 4.53. The third kappa shape index (κ3) is 5.72. The average Bonchev–Trinajstić information content (AvgIpc) is 3.11. The van der Waals surface area contributed by atoms with Crippen molar-refractivity contribution in [2.75, 3.05) is 13.1 Å². The second kappa shape index (κ2) is 11.4. The van der Waals surface area contributed by atoms with E-state index in [2.05, 4.69) is 54.2 Å². The Morgan fingerprint density at radius 1 is 1.39 bits per heavy atom. The fraction of sp³-hybridized carbons (Fsp3) is 0.538. The van der Waals surface area contributed by atoms with E-state index in [1.54, 1.807) is 0 Å². The van der Waals surface area contributed by atoms with Crippen molar-refractivity contribution in [3.63, 3.8) is 0 Å². The number of hydrogen-bond donors (Lipinski definition) is 1. The predicted octanol–water partition coefficient (Wildman–Crippen LogP) is 5.23. The summed E-state index contributed by atoms with van der Waals surface area (Å²) in [7, 11) is 0. The molecule has 1 aliphatic rings. The lowest BCUT2D eigenvalue weighted by Crippen LogP contribution is -2.34. The number of rotatable bonds is 11. The van der Waals surface area contributed by atoms with Crippen molar-refractivity contribution in [1.29, 1.82) is 0 Å². The first kappa shape index (κ1) is 23.4. The van der Waals surface area contributed by atoms with Crippen LogP contribution in [0, 0.1) is 5.92 Å². The van der Waals surface area contributed by atoms with Crippen LogP contribution in [0.3, 0.4) is 0 Å². The molecule has 0 bridgehead atoms. The molecule has 31 heavy (non-hydrogen) atoms. The molecule has 0 radical (unpaired) electrons. The van der Waals surface area contributed by atoms with Crippen molar-refractivity contribution in [1.82, 2.24) is 19.4 Å². The van der Waals surface area contributed by atoms with Gasteiger partial charge in [0.15, 0.2) is 0 Å². The van der Waals surface area contributed by atoms with Crippen LogP contribution in [0.5, 0.6) is 0 Å². The van der Waals surface area contributed by atoms with Crippen LogP contribution >= 0.6 is 0 Å². The summed E-state index contributed by atoms with van der Waals surface area (Å²) in [6.45, 7) is 14.1. The molecule has 168 valence electrons. The molecule has 1 aliphatic carbocycles. The molecule has 0 saturated heterocycles. The molecule has 2 heterocycles. The van der Waals surface area contributed by atoms with Crippen molar-refractivity contribution in [2.24, 2.45) is 11.7 Å². The molecule has 5 heteroatoms. The topological polar surface area (TPSA) is 60.0 Å². The number of nitrogens with two attached hydrogens (primary N) is 1. The van der Waals surface area contributed by atoms with Crippen LogP contribution in [0.1, 0.15) is 81.0 Å². The largest absolute Gasteiger partial charge is 0.330 e. The van der Waals surface area contributed by atoms with Gasteiger partial charge in [-0.15, -0.1) is 0 Å². The van der Waals surface area contributed by atoms with Crippen molar-refractivity contribution < 1.29 is 0 Å². The van der Waals surface area contributed by atoms with Gasteiger partial charge in [0.2, 0.25) is 0 Å². The van der Waals surface area contributed by atoms with E-state index in [0.29, 0.717) is 18.5 Å². The van der Waals surface area contributed by atoms with Crippen LogP contribution in [0.2, 0.25) is 0 Å². The minimum absolute atomic E-state index is 0.348.